The molecule has 1 N–H and O–H groups in total. The van der Waals surface area contributed by atoms with E-state index in [0.717, 1.165) is 29.2 Å². The second kappa shape index (κ2) is 6.53. The number of hydrogen-bond acceptors (Lipinski definition) is 3. The molecule has 0 bridgehead atoms. The van der Waals surface area contributed by atoms with Crippen molar-refractivity contribution < 1.29 is 4.74 Å². The smallest absolute Gasteiger partial charge is 0.150 e. The Kier molecular flexibility index (Phi) is 4.74. The standard InChI is InChI=1S/C17H22N2O/c1-12(2)19-10-15-7-8-18-11-17(15)20-16-6-5-13(3)9-14(16)4/h5-9,11-12,19H,10H2,1-4H3. The van der Waals surface area contributed by atoms with Crippen molar-refractivity contribution in [1.82, 2.24) is 10.3 Å². The first-order valence-corrected chi connectivity index (χ1v) is 6.97. The van der Waals surface area contributed by atoms with E-state index < -0.39 is 0 Å². The van der Waals surface area contributed by atoms with E-state index in [9.17, 15) is 0 Å². The van der Waals surface area contributed by atoms with Crippen LogP contribution in [-0.4, -0.2) is 11.0 Å². The van der Waals surface area contributed by atoms with Crippen LogP contribution in [0.5, 0.6) is 11.5 Å². The van der Waals surface area contributed by atoms with Crippen LogP contribution < -0.4 is 10.1 Å². The molecule has 0 aliphatic carbocycles. The van der Waals surface area contributed by atoms with Crippen LogP contribution in [0.15, 0.2) is 36.7 Å². The Morgan fingerprint density at radius 1 is 1.15 bits per heavy atom. The lowest BCUT2D eigenvalue weighted by molar-refractivity contribution is 0.463. The van der Waals surface area contributed by atoms with Gasteiger partial charge in [-0.25, -0.2) is 0 Å². The van der Waals surface area contributed by atoms with Gasteiger partial charge in [-0.3, -0.25) is 4.98 Å². The summed E-state index contributed by atoms with van der Waals surface area (Å²) in [5.41, 5.74) is 3.49. The van der Waals surface area contributed by atoms with Crippen molar-refractivity contribution in [2.75, 3.05) is 0 Å². The van der Waals surface area contributed by atoms with E-state index in [1.54, 1.807) is 12.4 Å². The van der Waals surface area contributed by atoms with Gasteiger partial charge in [-0.1, -0.05) is 31.5 Å². The highest BCUT2D eigenvalue weighted by atomic mass is 16.5. The van der Waals surface area contributed by atoms with Crippen molar-refractivity contribution in [3.8, 4) is 11.5 Å². The molecule has 0 saturated heterocycles. The first-order chi connectivity index (χ1) is 9.56. The highest BCUT2D eigenvalue weighted by Gasteiger charge is 2.07. The van der Waals surface area contributed by atoms with Gasteiger partial charge in [-0.05, 0) is 31.5 Å². The summed E-state index contributed by atoms with van der Waals surface area (Å²) < 4.78 is 6.03. The zero-order valence-corrected chi connectivity index (χ0v) is 12.6. The Morgan fingerprint density at radius 3 is 2.65 bits per heavy atom. The summed E-state index contributed by atoms with van der Waals surface area (Å²) in [5, 5.41) is 3.40. The van der Waals surface area contributed by atoms with Gasteiger partial charge in [-0.2, -0.15) is 0 Å². The van der Waals surface area contributed by atoms with E-state index in [1.807, 2.05) is 12.1 Å². The number of hydrogen-bond donors (Lipinski definition) is 1. The summed E-state index contributed by atoms with van der Waals surface area (Å²) in [5.74, 6) is 1.70. The van der Waals surface area contributed by atoms with Crippen molar-refractivity contribution in [3.63, 3.8) is 0 Å². The Hall–Kier alpha value is -1.87. The molecular weight excluding hydrogens is 248 g/mol. The maximum absolute atomic E-state index is 6.03. The van der Waals surface area contributed by atoms with Crippen molar-refractivity contribution in [2.45, 2.75) is 40.3 Å². The van der Waals surface area contributed by atoms with Crippen molar-refractivity contribution >= 4 is 0 Å². The summed E-state index contributed by atoms with van der Waals surface area (Å²) in [6, 6.07) is 8.63. The minimum absolute atomic E-state index is 0.442. The maximum Gasteiger partial charge on any atom is 0.150 e. The van der Waals surface area contributed by atoms with E-state index in [-0.39, 0.29) is 0 Å². The predicted octanol–water partition coefficient (Wildman–Crippen LogP) is 3.99. The Balaban J connectivity index is 2.20. The summed E-state index contributed by atoms with van der Waals surface area (Å²) in [6.45, 7) is 9.18. The number of nitrogens with zero attached hydrogens (tertiary/aromatic N) is 1. The molecule has 0 atom stereocenters. The van der Waals surface area contributed by atoms with Crippen LogP contribution in [0.1, 0.15) is 30.5 Å². The van der Waals surface area contributed by atoms with E-state index in [2.05, 4.69) is 50.1 Å². The Morgan fingerprint density at radius 2 is 1.95 bits per heavy atom. The molecule has 0 unspecified atom stereocenters. The molecule has 0 spiro atoms. The van der Waals surface area contributed by atoms with Crippen molar-refractivity contribution in [1.29, 1.82) is 0 Å². The number of ether oxygens (including phenoxy) is 1. The molecule has 3 nitrogen and oxygen atoms in total. The molecule has 2 rings (SSSR count). The molecular formula is C17H22N2O. The van der Waals surface area contributed by atoms with Gasteiger partial charge >= 0.3 is 0 Å². The molecule has 20 heavy (non-hydrogen) atoms. The lowest BCUT2D eigenvalue weighted by Crippen LogP contribution is -2.22. The molecule has 1 heterocycles. The number of pyridine rings is 1. The topological polar surface area (TPSA) is 34.1 Å². The quantitative estimate of drug-likeness (QED) is 0.892. The second-order valence-electron chi connectivity index (χ2n) is 5.39. The molecule has 0 aliphatic rings. The highest BCUT2D eigenvalue weighted by Crippen LogP contribution is 2.27. The normalized spacial score (nSPS) is 10.8. The van der Waals surface area contributed by atoms with Gasteiger partial charge in [0.05, 0.1) is 6.20 Å². The van der Waals surface area contributed by atoms with Crippen LogP contribution in [0.3, 0.4) is 0 Å². The van der Waals surface area contributed by atoms with Crippen LogP contribution >= 0.6 is 0 Å². The van der Waals surface area contributed by atoms with E-state index in [0.29, 0.717) is 6.04 Å². The van der Waals surface area contributed by atoms with Gasteiger partial charge < -0.3 is 10.1 Å². The average molecular weight is 270 g/mol. The fraction of sp³-hybridized carbons (Fsp3) is 0.353. The second-order valence-corrected chi connectivity index (χ2v) is 5.39. The first kappa shape index (κ1) is 14.5. The SMILES string of the molecule is Cc1ccc(Oc2cnccc2CNC(C)C)c(C)c1. The van der Waals surface area contributed by atoms with Crippen LogP contribution in [0, 0.1) is 13.8 Å². The van der Waals surface area contributed by atoms with Crippen LogP contribution in [0.2, 0.25) is 0 Å². The van der Waals surface area contributed by atoms with Crippen LogP contribution in [0.4, 0.5) is 0 Å². The third kappa shape index (κ3) is 3.81. The van der Waals surface area contributed by atoms with Gasteiger partial charge in [0, 0.05) is 24.3 Å². The summed E-state index contributed by atoms with van der Waals surface area (Å²) in [4.78, 5) is 4.16. The average Bonchev–Trinajstić information content (AvgIpc) is 2.41. The Labute approximate surface area is 121 Å². The van der Waals surface area contributed by atoms with Crippen LogP contribution in [0.25, 0.3) is 0 Å². The van der Waals surface area contributed by atoms with Gasteiger partial charge in [0.25, 0.3) is 0 Å². The fourth-order valence-electron chi connectivity index (χ4n) is 1.99. The summed E-state index contributed by atoms with van der Waals surface area (Å²) in [6.07, 6.45) is 3.57. The monoisotopic (exact) mass is 270 g/mol. The van der Waals surface area contributed by atoms with Gasteiger partial charge in [0.1, 0.15) is 11.5 Å². The number of aryl methyl sites for hydroxylation is 2. The van der Waals surface area contributed by atoms with Gasteiger partial charge in [0.15, 0.2) is 0 Å². The zero-order chi connectivity index (χ0) is 14.5. The minimum atomic E-state index is 0.442. The van der Waals surface area contributed by atoms with E-state index in [4.69, 9.17) is 4.74 Å². The van der Waals surface area contributed by atoms with Gasteiger partial charge in [0.2, 0.25) is 0 Å². The van der Waals surface area contributed by atoms with E-state index >= 15 is 0 Å². The lowest BCUT2D eigenvalue weighted by atomic mass is 10.1. The lowest BCUT2D eigenvalue weighted by Gasteiger charge is -2.14. The highest BCUT2D eigenvalue weighted by molar-refractivity contribution is 5.41. The van der Waals surface area contributed by atoms with Gasteiger partial charge in [-0.15, -0.1) is 0 Å². The summed E-state index contributed by atoms with van der Waals surface area (Å²) >= 11 is 0. The molecule has 0 radical (unpaired) electrons. The number of nitrogens with one attached hydrogen (secondary N) is 1. The molecule has 0 amide bonds. The van der Waals surface area contributed by atoms with Crippen molar-refractivity contribution in [2.24, 2.45) is 0 Å². The molecule has 2 aromatic rings. The predicted molar refractivity (Wildman–Crippen MR) is 82.2 cm³/mol. The molecule has 3 heteroatoms. The summed E-state index contributed by atoms with van der Waals surface area (Å²) in [7, 11) is 0. The molecule has 0 aliphatic heterocycles. The largest absolute Gasteiger partial charge is 0.455 e. The molecule has 1 aromatic carbocycles. The third-order valence-electron chi connectivity index (χ3n) is 3.12. The fourth-order valence-corrected chi connectivity index (χ4v) is 1.99. The molecule has 0 fully saturated rings. The molecule has 106 valence electrons. The first-order valence-electron chi connectivity index (χ1n) is 6.97. The molecule has 1 aromatic heterocycles. The zero-order valence-electron chi connectivity index (χ0n) is 12.6. The minimum Gasteiger partial charge on any atom is -0.455 e. The third-order valence-corrected chi connectivity index (χ3v) is 3.12. The Bertz CT molecular complexity index is 579. The van der Waals surface area contributed by atoms with Crippen LogP contribution in [-0.2, 0) is 6.54 Å². The van der Waals surface area contributed by atoms with Crippen molar-refractivity contribution in [3.05, 3.63) is 53.3 Å². The molecule has 0 saturated carbocycles. The van der Waals surface area contributed by atoms with E-state index in [1.165, 1.54) is 5.56 Å². The maximum atomic E-state index is 6.03. The number of aromatic nitrogens is 1. The number of rotatable bonds is 5. The number of benzene rings is 1.